The maximum Gasteiger partial charge on any atom is 0.246 e. The Morgan fingerprint density at radius 1 is 1.18 bits per heavy atom. The second kappa shape index (κ2) is 6.72. The number of nitrogens with two attached hydrogens (primary N) is 1. The van der Waals surface area contributed by atoms with Crippen LogP contribution in [0.1, 0.15) is 41.3 Å². The van der Waals surface area contributed by atoms with Crippen molar-refractivity contribution in [3.63, 3.8) is 0 Å². The molecule has 0 aliphatic carbocycles. The van der Waals surface area contributed by atoms with Crippen LogP contribution < -0.4 is 5.73 Å². The van der Waals surface area contributed by atoms with E-state index in [1.54, 1.807) is 10.8 Å². The van der Waals surface area contributed by atoms with E-state index in [4.69, 9.17) is 15.0 Å². The van der Waals surface area contributed by atoms with E-state index in [-0.39, 0.29) is 12.0 Å². The number of fused-ring (bicyclic) bond motifs is 1. The van der Waals surface area contributed by atoms with Crippen LogP contribution in [0.25, 0.3) is 11.2 Å². The van der Waals surface area contributed by atoms with Crippen molar-refractivity contribution in [3.8, 4) is 0 Å². The zero-order chi connectivity index (χ0) is 19.1. The first-order chi connectivity index (χ1) is 13.7. The number of nitrogen functional groups attached to an aromatic ring is 1. The number of hydrogen-bond acceptors (Lipinski definition) is 7. The first-order valence-electron chi connectivity index (χ1n) is 9.25. The second-order valence-electron chi connectivity index (χ2n) is 7.11. The Balaban J connectivity index is 1.32. The van der Waals surface area contributed by atoms with Crippen molar-refractivity contribution in [1.29, 1.82) is 0 Å². The van der Waals surface area contributed by atoms with E-state index < -0.39 is 0 Å². The third-order valence-electron chi connectivity index (χ3n) is 5.12. The van der Waals surface area contributed by atoms with Crippen molar-refractivity contribution >= 4 is 17.1 Å². The van der Waals surface area contributed by atoms with Crippen LogP contribution >= 0.6 is 0 Å². The lowest BCUT2D eigenvalue weighted by Gasteiger charge is -2.09. The molecule has 0 unspecified atom stereocenters. The number of anilines is 1. The van der Waals surface area contributed by atoms with Crippen LogP contribution in [0.3, 0.4) is 0 Å². The van der Waals surface area contributed by atoms with Gasteiger partial charge >= 0.3 is 0 Å². The minimum absolute atomic E-state index is 0.0602. The number of ether oxygens (including phenoxy) is 1. The summed E-state index contributed by atoms with van der Waals surface area (Å²) >= 11 is 0. The maximum absolute atomic E-state index is 6.03. The Morgan fingerprint density at radius 2 is 2.04 bits per heavy atom. The summed E-state index contributed by atoms with van der Waals surface area (Å²) in [5.74, 6) is 1.63. The second-order valence-corrected chi connectivity index (χ2v) is 7.11. The predicted molar refractivity (Wildman–Crippen MR) is 103 cm³/mol. The normalized spacial score (nSPS) is 19.5. The topological polar surface area (TPSA) is 105 Å². The number of nitrogens with zero attached hydrogens (tertiary/aromatic N) is 5. The van der Waals surface area contributed by atoms with Crippen LogP contribution in [0.4, 0.5) is 5.95 Å². The van der Waals surface area contributed by atoms with E-state index in [2.05, 4.69) is 51.3 Å². The fourth-order valence-corrected chi connectivity index (χ4v) is 3.59. The highest BCUT2D eigenvalue weighted by Crippen LogP contribution is 2.37. The molecule has 142 valence electrons. The quantitative estimate of drug-likeness (QED) is 0.584. The molecule has 0 saturated carbocycles. The molecule has 4 heterocycles. The molecule has 8 heteroatoms. The minimum Gasteiger partial charge on any atom is -0.373 e. The molecule has 1 aliphatic heterocycles. The average Bonchev–Trinajstić information content (AvgIpc) is 3.42. The number of aryl methyl sites for hydroxylation is 1. The summed E-state index contributed by atoms with van der Waals surface area (Å²) < 4.78 is 13.2. The highest BCUT2D eigenvalue weighted by molar-refractivity contribution is 5.73. The number of imidazole rings is 1. The van der Waals surface area contributed by atoms with Gasteiger partial charge in [-0.2, -0.15) is 4.98 Å². The highest BCUT2D eigenvalue weighted by atomic mass is 16.5. The molecule has 0 bridgehead atoms. The Labute approximate surface area is 161 Å². The van der Waals surface area contributed by atoms with Crippen molar-refractivity contribution in [2.75, 3.05) is 12.3 Å². The van der Waals surface area contributed by atoms with Gasteiger partial charge in [-0.05, 0) is 31.0 Å². The lowest BCUT2D eigenvalue weighted by atomic mass is 9.99. The molecule has 2 atom stereocenters. The molecule has 4 aromatic rings. The zero-order valence-corrected chi connectivity index (χ0v) is 15.4. The van der Waals surface area contributed by atoms with Crippen LogP contribution in [0.5, 0.6) is 0 Å². The Bertz CT molecular complexity index is 1120. The van der Waals surface area contributed by atoms with E-state index in [9.17, 15) is 0 Å². The number of hydrogen-bond donors (Lipinski definition) is 1. The van der Waals surface area contributed by atoms with Crippen molar-refractivity contribution in [2.24, 2.45) is 0 Å². The molecule has 3 aromatic heterocycles. The standard InChI is InChI=1S/C20H20N6O2/c1-12-4-6-13(7-5-12)16-9-14(11-27-16)18-24-17(28-25-18)10-26-19-15(23-20(26)21)3-2-8-22-19/h2-8,14,16H,9-11H2,1H3,(H2,21,23)/t14-,16+/m0/s1. The summed E-state index contributed by atoms with van der Waals surface area (Å²) in [6.07, 6.45) is 2.60. The van der Waals surface area contributed by atoms with E-state index in [0.29, 0.717) is 36.5 Å². The van der Waals surface area contributed by atoms with Gasteiger partial charge in [-0.25, -0.2) is 9.97 Å². The van der Waals surface area contributed by atoms with Gasteiger partial charge in [0.05, 0.1) is 12.7 Å². The van der Waals surface area contributed by atoms with Crippen LogP contribution in [0, 0.1) is 6.92 Å². The molecule has 2 N–H and O–H groups in total. The van der Waals surface area contributed by atoms with E-state index in [1.165, 1.54) is 11.1 Å². The molecule has 1 aliphatic rings. The molecule has 8 nitrogen and oxygen atoms in total. The monoisotopic (exact) mass is 376 g/mol. The van der Waals surface area contributed by atoms with Gasteiger partial charge in [0.25, 0.3) is 0 Å². The number of aromatic nitrogens is 5. The maximum atomic E-state index is 6.03. The summed E-state index contributed by atoms with van der Waals surface area (Å²) in [6.45, 7) is 2.99. The van der Waals surface area contributed by atoms with E-state index in [0.717, 1.165) is 11.9 Å². The first-order valence-corrected chi connectivity index (χ1v) is 9.25. The molecular weight excluding hydrogens is 356 g/mol. The highest BCUT2D eigenvalue weighted by Gasteiger charge is 2.31. The summed E-state index contributed by atoms with van der Waals surface area (Å²) in [4.78, 5) is 13.2. The Kier molecular flexibility index (Phi) is 4.05. The van der Waals surface area contributed by atoms with Crippen molar-refractivity contribution < 1.29 is 9.26 Å². The van der Waals surface area contributed by atoms with Gasteiger partial charge in [-0.15, -0.1) is 0 Å². The van der Waals surface area contributed by atoms with Gasteiger partial charge in [0, 0.05) is 12.1 Å². The fraction of sp³-hybridized carbons (Fsp3) is 0.300. The minimum atomic E-state index is 0.0602. The largest absolute Gasteiger partial charge is 0.373 e. The zero-order valence-electron chi connectivity index (χ0n) is 15.4. The van der Waals surface area contributed by atoms with Gasteiger partial charge in [0.2, 0.25) is 11.8 Å². The lowest BCUT2D eigenvalue weighted by molar-refractivity contribution is 0.110. The van der Waals surface area contributed by atoms with Gasteiger partial charge in [0.1, 0.15) is 12.1 Å². The molecule has 1 aromatic carbocycles. The lowest BCUT2D eigenvalue weighted by Crippen LogP contribution is -2.06. The summed E-state index contributed by atoms with van der Waals surface area (Å²) in [5, 5.41) is 4.17. The van der Waals surface area contributed by atoms with Crippen molar-refractivity contribution in [1.82, 2.24) is 24.7 Å². The first kappa shape index (κ1) is 16.9. The van der Waals surface area contributed by atoms with E-state index in [1.807, 2.05) is 12.1 Å². The summed E-state index contributed by atoms with van der Waals surface area (Å²) in [7, 11) is 0. The fourth-order valence-electron chi connectivity index (χ4n) is 3.59. The molecule has 0 radical (unpaired) electrons. The van der Waals surface area contributed by atoms with Gasteiger partial charge in [-0.1, -0.05) is 35.0 Å². The smallest absolute Gasteiger partial charge is 0.246 e. The molecule has 1 fully saturated rings. The number of benzene rings is 1. The number of rotatable bonds is 4. The third kappa shape index (κ3) is 3.01. The average molecular weight is 376 g/mol. The SMILES string of the molecule is Cc1ccc([C@H]2C[C@H](c3noc(Cn4c(N)nc5cccnc54)n3)CO2)cc1. The number of pyridine rings is 1. The molecule has 0 amide bonds. The summed E-state index contributed by atoms with van der Waals surface area (Å²) in [5.41, 5.74) is 9.88. The van der Waals surface area contributed by atoms with Crippen LogP contribution in [0.2, 0.25) is 0 Å². The van der Waals surface area contributed by atoms with Crippen LogP contribution in [-0.4, -0.2) is 31.3 Å². The van der Waals surface area contributed by atoms with Gasteiger partial charge < -0.3 is 15.0 Å². The molecule has 1 saturated heterocycles. The van der Waals surface area contributed by atoms with E-state index >= 15 is 0 Å². The Hall–Kier alpha value is -3.26. The molecular formula is C20H20N6O2. The molecule has 0 spiro atoms. The molecule has 28 heavy (non-hydrogen) atoms. The van der Waals surface area contributed by atoms with Gasteiger partial charge in [0.15, 0.2) is 11.5 Å². The van der Waals surface area contributed by atoms with Crippen molar-refractivity contribution in [3.05, 3.63) is 65.4 Å². The molecule has 5 rings (SSSR count). The van der Waals surface area contributed by atoms with Gasteiger partial charge in [-0.3, -0.25) is 4.57 Å². The predicted octanol–water partition coefficient (Wildman–Crippen LogP) is 3.00. The van der Waals surface area contributed by atoms with Crippen LogP contribution in [0.15, 0.2) is 47.1 Å². The third-order valence-corrected chi connectivity index (χ3v) is 5.12. The van der Waals surface area contributed by atoms with Crippen molar-refractivity contribution in [2.45, 2.75) is 31.9 Å². The van der Waals surface area contributed by atoms with Crippen LogP contribution in [-0.2, 0) is 11.3 Å². The summed E-state index contributed by atoms with van der Waals surface area (Å²) in [6, 6.07) is 12.1. The Morgan fingerprint density at radius 3 is 2.89 bits per heavy atom.